The minimum Gasteiger partial charge on any atom is -0.396 e. The predicted molar refractivity (Wildman–Crippen MR) is 56.1 cm³/mol. The topological polar surface area (TPSA) is 20.2 Å². The van der Waals surface area contributed by atoms with Gasteiger partial charge >= 0.3 is 0 Å². The molecule has 1 nitrogen and oxygen atoms in total. The number of halogens is 1. The van der Waals surface area contributed by atoms with Crippen LogP contribution in [0.4, 0.5) is 0 Å². The normalized spacial score (nSPS) is 35.7. The van der Waals surface area contributed by atoms with Crippen molar-refractivity contribution in [3.63, 3.8) is 0 Å². The number of alkyl halides is 1. The summed E-state index contributed by atoms with van der Waals surface area (Å²) in [6.45, 7) is 2.63. The fraction of sp³-hybridized carbons (Fsp3) is 1.00. The number of hydrogen-bond acceptors (Lipinski definition) is 1. The Bertz CT molecular complexity index is 127. The summed E-state index contributed by atoms with van der Waals surface area (Å²) in [7, 11) is 0. The van der Waals surface area contributed by atoms with Gasteiger partial charge in [0.15, 0.2) is 0 Å². The first kappa shape index (κ1) is 9.78. The lowest BCUT2D eigenvalue weighted by atomic mass is 10.1. The molecule has 2 heteroatoms. The van der Waals surface area contributed by atoms with Crippen molar-refractivity contribution < 1.29 is 5.11 Å². The molecule has 0 aromatic carbocycles. The van der Waals surface area contributed by atoms with Crippen LogP contribution in [-0.2, 0) is 0 Å². The predicted octanol–water partition coefficient (Wildman–Crippen LogP) is 2.75. The van der Waals surface area contributed by atoms with Crippen molar-refractivity contribution in [2.45, 2.75) is 42.4 Å². The number of unbranched alkanes of at least 4 members (excludes halogenated alkanes) is 2. The molecule has 0 radical (unpaired) electrons. The highest BCUT2D eigenvalue weighted by Crippen LogP contribution is 2.54. The van der Waals surface area contributed by atoms with Gasteiger partial charge in [-0.25, -0.2) is 0 Å². The second-order valence-corrected chi connectivity index (χ2v) is 5.72. The van der Waals surface area contributed by atoms with Gasteiger partial charge in [-0.3, -0.25) is 0 Å². The van der Waals surface area contributed by atoms with Crippen LogP contribution in [0.2, 0.25) is 0 Å². The molecule has 0 saturated heterocycles. The van der Waals surface area contributed by atoms with Gasteiger partial charge in [-0.05, 0) is 18.8 Å². The molecular formula is C9H17IO. The first-order chi connectivity index (χ1) is 5.23. The molecule has 1 N–H and O–H groups in total. The highest BCUT2D eigenvalue weighted by Gasteiger charge is 2.50. The fourth-order valence-corrected chi connectivity index (χ4v) is 2.66. The van der Waals surface area contributed by atoms with Crippen LogP contribution in [0.3, 0.4) is 0 Å². The minimum absolute atomic E-state index is 0.398. The Kier molecular flexibility index (Phi) is 3.62. The number of hydrogen-bond donors (Lipinski definition) is 1. The Morgan fingerprint density at radius 3 is 2.73 bits per heavy atom. The maximum atomic E-state index is 8.89. The van der Waals surface area contributed by atoms with E-state index in [9.17, 15) is 0 Å². The van der Waals surface area contributed by atoms with E-state index in [4.69, 9.17) is 5.11 Å². The Hall–Kier alpha value is 0.690. The van der Waals surface area contributed by atoms with Crippen molar-refractivity contribution in [3.8, 4) is 0 Å². The van der Waals surface area contributed by atoms with Gasteiger partial charge in [0, 0.05) is 10.0 Å². The number of aliphatic hydroxyl groups is 1. The molecule has 1 aliphatic rings. The summed E-state index contributed by atoms with van der Waals surface area (Å²) in [5.41, 5.74) is 0. The lowest BCUT2D eigenvalue weighted by Crippen LogP contribution is -2.03. The Labute approximate surface area is 82.7 Å². The van der Waals surface area contributed by atoms with Crippen LogP contribution < -0.4 is 0 Å². The molecule has 2 atom stereocenters. The van der Waals surface area contributed by atoms with E-state index in [-0.39, 0.29) is 0 Å². The molecule has 0 aliphatic heterocycles. The molecule has 0 spiro atoms. The Balaban J connectivity index is 2.08. The molecule has 2 unspecified atom stereocenters. The summed E-state index contributed by atoms with van der Waals surface area (Å²) in [6.07, 6.45) is 6.55. The molecule has 0 amide bonds. The van der Waals surface area contributed by atoms with Gasteiger partial charge in [0.1, 0.15) is 0 Å². The van der Waals surface area contributed by atoms with Crippen LogP contribution in [0.15, 0.2) is 0 Å². The zero-order chi connectivity index (χ0) is 8.32. The van der Waals surface area contributed by atoms with Gasteiger partial charge in [0.25, 0.3) is 0 Å². The fourth-order valence-electron chi connectivity index (χ4n) is 1.55. The minimum atomic E-state index is 0.398. The first-order valence-electron chi connectivity index (χ1n) is 4.52. The molecule has 1 rings (SSSR count). The summed E-state index contributed by atoms with van der Waals surface area (Å²) in [5.74, 6) is 0.611. The second-order valence-electron chi connectivity index (χ2n) is 3.58. The zero-order valence-electron chi connectivity index (χ0n) is 7.15. The maximum absolute atomic E-state index is 8.89. The van der Waals surface area contributed by atoms with E-state index in [1.807, 2.05) is 0 Å². The average Bonchev–Trinajstić information content (AvgIpc) is 2.63. The smallest absolute Gasteiger partial charge is 0.0472 e. The summed E-state index contributed by atoms with van der Waals surface area (Å²) in [5, 5.41) is 8.89. The molecule has 0 aromatic rings. The maximum Gasteiger partial charge on any atom is 0.0472 e. The van der Waals surface area contributed by atoms with Crippen LogP contribution in [-0.4, -0.2) is 15.1 Å². The van der Waals surface area contributed by atoms with Crippen molar-refractivity contribution in [3.05, 3.63) is 0 Å². The third-order valence-electron chi connectivity index (χ3n) is 2.57. The molecule has 0 bridgehead atoms. The van der Waals surface area contributed by atoms with E-state index in [0.29, 0.717) is 15.9 Å². The third kappa shape index (κ3) is 2.58. The van der Waals surface area contributed by atoms with Gasteiger partial charge in [-0.2, -0.15) is 0 Å². The lowest BCUT2D eigenvalue weighted by molar-refractivity contribution is 0.271. The number of rotatable bonds is 5. The van der Waals surface area contributed by atoms with Crippen molar-refractivity contribution in [2.75, 3.05) is 6.61 Å². The van der Waals surface area contributed by atoms with E-state index in [2.05, 4.69) is 29.5 Å². The highest BCUT2D eigenvalue weighted by atomic mass is 127. The summed E-state index contributed by atoms with van der Waals surface area (Å²) < 4.78 is 0.488. The van der Waals surface area contributed by atoms with E-state index in [1.54, 1.807) is 0 Å². The van der Waals surface area contributed by atoms with Gasteiger partial charge in [0.2, 0.25) is 0 Å². The second kappa shape index (κ2) is 4.08. The van der Waals surface area contributed by atoms with Gasteiger partial charge in [-0.1, -0.05) is 48.8 Å². The largest absolute Gasteiger partial charge is 0.396 e. The van der Waals surface area contributed by atoms with E-state index in [1.165, 1.54) is 32.1 Å². The standard InChI is InChI=1S/C9H17IO/c1-2-3-4-5-9(10)6-8(9)7-11/h8,11H,2-7H2,1H3. The molecular weight excluding hydrogens is 251 g/mol. The van der Waals surface area contributed by atoms with Crippen LogP contribution in [0, 0.1) is 5.92 Å². The monoisotopic (exact) mass is 268 g/mol. The van der Waals surface area contributed by atoms with E-state index < -0.39 is 0 Å². The zero-order valence-corrected chi connectivity index (χ0v) is 9.30. The van der Waals surface area contributed by atoms with Crippen LogP contribution >= 0.6 is 22.6 Å². The SMILES string of the molecule is CCCCCC1(I)CC1CO. The molecule has 11 heavy (non-hydrogen) atoms. The van der Waals surface area contributed by atoms with Crippen molar-refractivity contribution in [2.24, 2.45) is 5.92 Å². The molecule has 0 heterocycles. The van der Waals surface area contributed by atoms with Crippen molar-refractivity contribution >= 4 is 22.6 Å². The quantitative estimate of drug-likeness (QED) is 0.462. The van der Waals surface area contributed by atoms with Gasteiger partial charge in [-0.15, -0.1) is 0 Å². The van der Waals surface area contributed by atoms with Crippen LogP contribution in [0.1, 0.15) is 39.0 Å². The molecule has 1 saturated carbocycles. The third-order valence-corrected chi connectivity index (χ3v) is 4.43. The molecule has 66 valence electrons. The van der Waals surface area contributed by atoms with Crippen LogP contribution in [0.25, 0.3) is 0 Å². The van der Waals surface area contributed by atoms with Crippen molar-refractivity contribution in [1.82, 2.24) is 0 Å². The number of aliphatic hydroxyl groups excluding tert-OH is 1. The summed E-state index contributed by atoms with van der Waals surface area (Å²) in [4.78, 5) is 0. The van der Waals surface area contributed by atoms with Gasteiger partial charge in [0.05, 0.1) is 0 Å². The average molecular weight is 268 g/mol. The Morgan fingerprint density at radius 2 is 2.27 bits per heavy atom. The Morgan fingerprint density at radius 1 is 1.55 bits per heavy atom. The molecule has 0 aromatic heterocycles. The summed E-state index contributed by atoms with van der Waals surface area (Å²) >= 11 is 2.53. The first-order valence-corrected chi connectivity index (χ1v) is 5.60. The molecule has 1 fully saturated rings. The summed E-state index contributed by atoms with van der Waals surface area (Å²) in [6, 6.07) is 0. The van der Waals surface area contributed by atoms with Crippen LogP contribution in [0.5, 0.6) is 0 Å². The van der Waals surface area contributed by atoms with E-state index >= 15 is 0 Å². The lowest BCUT2D eigenvalue weighted by Gasteiger charge is -2.06. The molecule has 1 aliphatic carbocycles. The highest BCUT2D eigenvalue weighted by molar-refractivity contribution is 14.1. The van der Waals surface area contributed by atoms with Crippen molar-refractivity contribution in [1.29, 1.82) is 0 Å². The van der Waals surface area contributed by atoms with E-state index in [0.717, 1.165) is 0 Å². The van der Waals surface area contributed by atoms with Gasteiger partial charge < -0.3 is 5.11 Å².